The number of rotatable bonds is 6. The Morgan fingerprint density at radius 2 is 1.95 bits per heavy atom. The molecule has 20 heavy (non-hydrogen) atoms. The Bertz CT molecular complexity index is 513. The first-order chi connectivity index (χ1) is 9.70. The van der Waals surface area contributed by atoms with Crippen molar-refractivity contribution in [3.05, 3.63) is 64.9 Å². The second-order valence-electron chi connectivity index (χ2n) is 4.85. The normalized spacial score (nSPS) is 12.6. The molecule has 0 spiro atoms. The summed E-state index contributed by atoms with van der Waals surface area (Å²) in [4.78, 5) is 6.61. The average molecular weight is 290 g/mol. The Balaban J connectivity index is 1.98. The van der Waals surface area contributed by atoms with E-state index in [-0.39, 0.29) is 6.04 Å². The molecule has 0 aliphatic rings. The molecule has 0 amide bonds. The minimum absolute atomic E-state index is 0.205. The van der Waals surface area contributed by atoms with Crippen LogP contribution in [0.25, 0.3) is 0 Å². The minimum atomic E-state index is 0.205. The molecule has 4 heteroatoms. The summed E-state index contributed by atoms with van der Waals surface area (Å²) < 4.78 is 0. The van der Waals surface area contributed by atoms with E-state index in [1.54, 1.807) is 0 Å². The molecule has 0 bridgehead atoms. The first-order valence-electron chi connectivity index (χ1n) is 6.76. The van der Waals surface area contributed by atoms with Crippen LogP contribution in [0.2, 0.25) is 5.02 Å². The highest BCUT2D eigenvalue weighted by molar-refractivity contribution is 6.30. The molecule has 3 nitrogen and oxygen atoms in total. The van der Waals surface area contributed by atoms with E-state index in [1.807, 2.05) is 48.7 Å². The van der Waals surface area contributed by atoms with Crippen LogP contribution in [0.4, 0.5) is 0 Å². The van der Waals surface area contributed by atoms with Crippen LogP contribution in [0.3, 0.4) is 0 Å². The third-order valence-corrected chi connectivity index (χ3v) is 3.71. The summed E-state index contributed by atoms with van der Waals surface area (Å²) in [5, 5.41) is 0.751. The number of nitrogens with zero attached hydrogens (tertiary/aromatic N) is 2. The number of aromatic nitrogens is 1. The number of hydrogen-bond acceptors (Lipinski definition) is 3. The van der Waals surface area contributed by atoms with Crippen molar-refractivity contribution >= 4 is 11.6 Å². The number of pyridine rings is 1. The summed E-state index contributed by atoms with van der Waals surface area (Å²) >= 11 is 5.93. The van der Waals surface area contributed by atoms with Crippen LogP contribution in [0.1, 0.15) is 17.3 Å². The van der Waals surface area contributed by atoms with Gasteiger partial charge in [0.2, 0.25) is 0 Å². The van der Waals surface area contributed by atoms with Gasteiger partial charge in [-0.1, -0.05) is 29.8 Å². The van der Waals surface area contributed by atoms with E-state index < -0.39 is 0 Å². The Hall–Kier alpha value is -1.42. The predicted octanol–water partition coefficient (Wildman–Crippen LogP) is 2.91. The Labute approximate surface area is 125 Å². The van der Waals surface area contributed by atoms with Gasteiger partial charge in [-0.05, 0) is 36.9 Å². The molecule has 2 aromatic rings. The molecular formula is C16H20ClN3. The lowest BCUT2D eigenvalue weighted by Gasteiger charge is -2.27. The lowest BCUT2D eigenvalue weighted by molar-refractivity contribution is 0.252. The quantitative estimate of drug-likeness (QED) is 0.889. The van der Waals surface area contributed by atoms with Gasteiger partial charge in [0.25, 0.3) is 0 Å². The summed E-state index contributed by atoms with van der Waals surface area (Å²) in [6.07, 6.45) is 2.75. The number of likely N-dealkylation sites (N-methyl/N-ethyl adjacent to an activating group) is 1. The van der Waals surface area contributed by atoms with E-state index in [0.29, 0.717) is 6.54 Å². The maximum Gasteiger partial charge on any atom is 0.0467 e. The second kappa shape index (κ2) is 7.39. The Morgan fingerprint density at radius 1 is 1.20 bits per heavy atom. The van der Waals surface area contributed by atoms with Crippen LogP contribution >= 0.6 is 11.6 Å². The van der Waals surface area contributed by atoms with E-state index in [4.69, 9.17) is 17.3 Å². The maximum absolute atomic E-state index is 5.93. The van der Waals surface area contributed by atoms with Gasteiger partial charge in [-0.3, -0.25) is 9.88 Å². The highest BCUT2D eigenvalue weighted by Crippen LogP contribution is 2.20. The average Bonchev–Trinajstić information content (AvgIpc) is 2.49. The Morgan fingerprint density at radius 3 is 2.55 bits per heavy atom. The topological polar surface area (TPSA) is 42.2 Å². The minimum Gasteiger partial charge on any atom is -0.329 e. The van der Waals surface area contributed by atoms with Gasteiger partial charge in [0.1, 0.15) is 0 Å². The highest BCUT2D eigenvalue weighted by atomic mass is 35.5. The summed E-state index contributed by atoms with van der Waals surface area (Å²) in [6, 6.07) is 14.1. The molecule has 0 fully saturated rings. The van der Waals surface area contributed by atoms with E-state index in [2.05, 4.69) is 16.9 Å². The van der Waals surface area contributed by atoms with Gasteiger partial charge in [-0.25, -0.2) is 0 Å². The van der Waals surface area contributed by atoms with Gasteiger partial charge in [-0.15, -0.1) is 0 Å². The molecule has 2 rings (SSSR count). The van der Waals surface area contributed by atoms with Gasteiger partial charge in [0.05, 0.1) is 0 Å². The lowest BCUT2D eigenvalue weighted by Crippen LogP contribution is -2.32. The smallest absolute Gasteiger partial charge is 0.0467 e. The van der Waals surface area contributed by atoms with Gasteiger partial charge < -0.3 is 5.73 Å². The molecule has 1 unspecified atom stereocenters. The van der Waals surface area contributed by atoms with Crippen LogP contribution in [-0.4, -0.2) is 30.0 Å². The molecule has 0 saturated carbocycles. The Kier molecular flexibility index (Phi) is 5.53. The van der Waals surface area contributed by atoms with Crippen molar-refractivity contribution in [3.8, 4) is 0 Å². The molecule has 1 atom stereocenters. The molecule has 1 heterocycles. The van der Waals surface area contributed by atoms with Crippen molar-refractivity contribution < 1.29 is 0 Å². The maximum atomic E-state index is 5.93. The van der Waals surface area contributed by atoms with Crippen LogP contribution in [0, 0.1) is 0 Å². The molecular weight excluding hydrogens is 270 g/mol. The van der Waals surface area contributed by atoms with Crippen molar-refractivity contribution in [2.24, 2.45) is 5.73 Å². The number of hydrogen-bond donors (Lipinski definition) is 1. The largest absolute Gasteiger partial charge is 0.329 e. The fourth-order valence-corrected chi connectivity index (χ4v) is 2.37. The third-order valence-electron chi connectivity index (χ3n) is 3.46. The molecule has 1 aromatic carbocycles. The molecule has 2 N–H and O–H groups in total. The van der Waals surface area contributed by atoms with Gasteiger partial charge in [0.15, 0.2) is 0 Å². The van der Waals surface area contributed by atoms with Crippen LogP contribution in [0.5, 0.6) is 0 Å². The zero-order valence-electron chi connectivity index (χ0n) is 11.7. The number of halogens is 1. The fraction of sp³-hybridized carbons (Fsp3) is 0.312. The first-order valence-corrected chi connectivity index (χ1v) is 7.14. The predicted molar refractivity (Wildman–Crippen MR) is 83.8 cm³/mol. The van der Waals surface area contributed by atoms with E-state index in [0.717, 1.165) is 23.7 Å². The van der Waals surface area contributed by atoms with Crippen molar-refractivity contribution in [3.63, 3.8) is 0 Å². The van der Waals surface area contributed by atoms with Crippen molar-refractivity contribution in [1.82, 2.24) is 9.88 Å². The van der Waals surface area contributed by atoms with Crippen LogP contribution < -0.4 is 5.73 Å². The van der Waals surface area contributed by atoms with Gasteiger partial charge in [-0.2, -0.15) is 0 Å². The zero-order valence-corrected chi connectivity index (χ0v) is 12.4. The van der Waals surface area contributed by atoms with Crippen LogP contribution in [-0.2, 0) is 6.42 Å². The van der Waals surface area contributed by atoms with E-state index in [9.17, 15) is 0 Å². The summed E-state index contributed by atoms with van der Waals surface area (Å²) in [5.41, 5.74) is 8.22. The number of benzene rings is 1. The molecule has 106 valence electrons. The number of nitrogens with two attached hydrogens (primary N) is 1. The summed E-state index contributed by atoms with van der Waals surface area (Å²) in [5.74, 6) is 0. The fourth-order valence-electron chi connectivity index (χ4n) is 2.25. The second-order valence-corrected chi connectivity index (χ2v) is 5.29. The summed E-state index contributed by atoms with van der Waals surface area (Å²) in [6.45, 7) is 1.50. The SMILES string of the molecule is CN(CCc1ccccn1)C(CN)c1ccc(Cl)cc1. The van der Waals surface area contributed by atoms with Crippen molar-refractivity contribution in [2.75, 3.05) is 20.1 Å². The van der Waals surface area contributed by atoms with E-state index >= 15 is 0 Å². The van der Waals surface area contributed by atoms with Gasteiger partial charge in [0, 0.05) is 42.5 Å². The van der Waals surface area contributed by atoms with E-state index in [1.165, 1.54) is 5.56 Å². The monoisotopic (exact) mass is 289 g/mol. The molecule has 0 aliphatic carbocycles. The molecule has 0 aliphatic heterocycles. The molecule has 1 aromatic heterocycles. The molecule has 0 saturated heterocycles. The van der Waals surface area contributed by atoms with Crippen molar-refractivity contribution in [1.29, 1.82) is 0 Å². The summed E-state index contributed by atoms with van der Waals surface area (Å²) in [7, 11) is 2.09. The highest BCUT2D eigenvalue weighted by Gasteiger charge is 2.15. The zero-order chi connectivity index (χ0) is 14.4. The van der Waals surface area contributed by atoms with Crippen molar-refractivity contribution in [2.45, 2.75) is 12.5 Å². The third kappa shape index (κ3) is 4.04. The standard InChI is InChI=1S/C16H20ClN3/c1-20(11-9-15-4-2-3-10-19-15)16(12-18)13-5-7-14(17)8-6-13/h2-8,10,16H,9,11-12,18H2,1H3. The first kappa shape index (κ1) is 15.0. The van der Waals surface area contributed by atoms with Crippen LogP contribution in [0.15, 0.2) is 48.7 Å². The van der Waals surface area contributed by atoms with Gasteiger partial charge >= 0.3 is 0 Å². The lowest BCUT2D eigenvalue weighted by atomic mass is 10.1. The molecule has 0 radical (unpaired) electrons.